The summed E-state index contributed by atoms with van der Waals surface area (Å²) in [5.41, 5.74) is 0. The molecule has 2 rings (SSSR count). The van der Waals surface area contributed by atoms with Gasteiger partial charge < -0.3 is 10.1 Å². The Bertz CT molecular complexity index is 189. The van der Waals surface area contributed by atoms with Crippen molar-refractivity contribution in [2.75, 3.05) is 6.61 Å². The van der Waals surface area contributed by atoms with Crippen LogP contribution >= 0.6 is 0 Å². The van der Waals surface area contributed by atoms with E-state index in [4.69, 9.17) is 4.74 Å². The summed E-state index contributed by atoms with van der Waals surface area (Å²) in [7, 11) is 0. The molecular formula is C12H23NO. The number of nitrogens with one attached hydrogen (secondary N) is 1. The van der Waals surface area contributed by atoms with Crippen LogP contribution in [0.25, 0.3) is 0 Å². The summed E-state index contributed by atoms with van der Waals surface area (Å²) in [6, 6.07) is 1.24. The zero-order valence-corrected chi connectivity index (χ0v) is 9.62. The number of ether oxygens (including phenoxy) is 1. The molecule has 1 aliphatic carbocycles. The molecule has 2 nitrogen and oxygen atoms in total. The Morgan fingerprint density at radius 1 is 1.14 bits per heavy atom. The summed E-state index contributed by atoms with van der Waals surface area (Å²) in [5, 5.41) is 3.72. The minimum absolute atomic E-state index is 0.524. The Labute approximate surface area is 87.4 Å². The molecular weight excluding hydrogens is 174 g/mol. The van der Waals surface area contributed by atoms with Gasteiger partial charge in [0.05, 0.1) is 6.10 Å². The van der Waals surface area contributed by atoms with E-state index in [0.717, 1.165) is 18.4 Å². The summed E-state index contributed by atoms with van der Waals surface area (Å²) < 4.78 is 5.81. The van der Waals surface area contributed by atoms with Gasteiger partial charge in [-0.15, -0.1) is 0 Å². The first-order valence-corrected chi connectivity index (χ1v) is 6.06. The monoisotopic (exact) mass is 197 g/mol. The summed E-state index contributed by atoms with van der Waals surface area (Å²) in [5.74, 6) is 1.59. The molecule has 0 aromatic carbocycles. The Morgan fingerprint density at radius 3 is 2.43 bits per heavy atom. The highest BCUT2D eigenvalue weighted by atomic mass is 16.5. The molecule has 1 N–H and O–H groups in total. The second kappa shape index (κ2) is 4.19. The van der Waals surface area contributed by atoms with Crippen molar-refractivity contribution in [2.24, 2.45) is 11.8 Å². The van der Waals surface area contributed by atoms with Crippen LogP contribution in [0.5, 0.6) is 0 Å². The van der Waals surface area contributed by atoms with Crippen molar-refractivity contribution in [3.05, 3.63) is 0 Å². The first kappa shape index (κ1) is 10.4. The minimum Gasteiger partial charge on any atom is -0.376 e. The van der Waals surface area contributed by atoms with Crippen molar-refractivity contribution in [3.63, 3.8) is 0 Å². The van der Waals surface area contributed by atoms with Gasteiger partial charge in [0, 0.05) is 18.7 Å². The van der Waals surface area contributed by atoms with Crippen LogP contribution in [0.4, 0.5) is 0 Å². The maximum Gasteiger partial charge on any atom is 0.0757 e. The molecule has 0 spiro atoms. The second-order valence-corrected chi connectivity index (χ2v) is 5.27. The van der Waals surface area contributed by atoms with Crippen LogP contribution in [0, 0.1) is 11.8 Å². The average molecular weight is 197 g/mol. The van der Waals surface area contributed by atoms with Crippen LogP contribution < -0.4 is 5.32 Å². The maximum atomic E-state index is 5.81. The van der Waals surface area contributed by atoms with E-state index in [1.54, 1.807) is 0 Å². The molecule has 0 radical (unpaired) electrons. The van der Waals surface area contributed by atoms with E-state index in [9.17, 15) is 0 Å². The SMILES string of the molecule is CC(C)C(C)NC1CCOC1C1CC1. The summed E-state index contributed by atoms with van der Waals surface area (Å²) in [6.45, 7) is 7.80. The summed E-state index contributed by atoms with van der Waals surface area (Å²) >= 11 is 0. The molecule has 0 bridgehead atoms. The lowest BCUT2D eigenvalue weighted by Gasteiger charge is -2.26. The molecule has 1 saturated heterocycles. The Morgan fingerprint density at radius 2 is 1.86 bits per heavy atom. The van der Waals surface area contributed by atoms with Gasteiger partial charge in [-0.2, -0.15) is 0 Å². The van der Waals surface area contributed by atoms with Gasteiger partial charge in [-0.25, -0.2) is 0 Å². The van der Waals surface area contributed by atoms with Gasteiger partial charge in [-0.1, -0.05) is 13.8 Å². The van der Waals surface area contributed by atoms with E-state index in [1.807, 2.05) is 0 Å². The summed E-state index contributed by atoms with van der Waals surface area (Å²) in [4.78, 5) is 0. The van der Waals surface area contributed by atoms with E-state index in [1.165, 1.54) is 19.3 Å². The molecule has 1 saturated carbocycles. The zero-order valence-electron chi connectivity index (χ0n) is 9.62. The van der Waals surface area contributed by atoms with Gasteiger partial charge in [-0.3, -0.25) is 0 Å². The molecule has 0 aromatic heterocycles. The van der Waals surface area contributed by atoms with Gasteiger partial charge in [0.15, 0.2) is 0 Å². The molecule has 2 heteroatoms. The van der Waals surface area contributed by atoms with Gasteiger partial charge in [0.1, 0.15) is 0 Å². The predicted octanol–water partition coefficient (Wildman–Crippen LogP) is 2.19. The molecule has 14 heavy (non-hydrogen) atoms. The van der Waals surface area contributed by atoms with E-state index >= 15 is 0 Å². The fraction of sp³-hybridized carbons (Fsp3) is 1.00. The average Bonchev–Trinajstić information content (AvgIpc) is 2.88. The zero-order chi connectivity index (χ0) is 10.1. The smallest absolute Gasteiger partial charge is 0.0757 e. The third-order valence-corrected chi connectivity index (χ3v) is 3.70. The standard InChI is InChI=1S/C12H23NO/c1-8(2)9(3)13-11-6-7-14-12(11)10-4-5-10/h8-13H,4-7H2,1-3H3. The molecule has 0 aromatic rings. The Kier molecular flexibility index (Phi) is 3.13. The lowest BCUT2D eigenvalue weighted by molar-refractivity contribution is 0.0780. The van der Waals surface area contributed by atoms with Crippen molar-refractivity contribution in [1.82, 2.24) is 5.32 Å². The van der Waals surface area contributed by atoms with Gasteiger partial charge in [0.25, 0.3) is 0 Å². The predicted molar refractivity (Wildman–Crippen MR) is 58.3 cm³/mol. The second-order valence-electron chi connectivity index (χ2n) is 5.27. The van der Waals surface area contributed by atoms with Crippen LogP contribution in [0.15, 0.2) is 0 Å². The molecule has 82 valence electrons. The van der Waals surface area contributed by atoms with Crippen molar-refractivity contribution in [1.29, 1.82) is 0 Å². The molecule has 3 atom stereocenters. The molecule has 1 heterocycles. The van der Waals surface area contributed by atoms with E-state index in [2.05, 4.69) is 26.1 Å². The van der Waals surface area contributed by atoms with Gasteiger partial charge in [0.2, 0.25) is 0 Å². The third kappa shape index (κ3) is 2.29. The van der Waals surface area contributed by atoms with Gasteiger partial charge >= 0.3 is 0 Å². The van der Waals surface area contributed by atoms with E-state index in [0.29, 0.717) is 18.2 Å². The van der Waals surface area contributed by atoms with E-state index < -0.39 is 0 Å². The van der Waals surface area contributed by atoms with Crippen molar-refractivity contribution >= 4 is 0 Å². The van der Waals surface area contributed by atoms with Crippen LogP contribution in [0.3, 0.4) is 0 Å². The summed E-state index contributed by atoms with van der Waals surface area (Å²) in [6.07, 6.45) is 4.51. The normalized spacial score (nSPS) is 35.1. The van der Waals surface area contributed by atoms with Crippen LogP contribution in [0.1, 0.15) is 40.0 Å². The van der Waals surface area contributed by atoms with Crippen LogP contribution in [-0.4, -0.2) is 24.8 Å². The largest absolute Gasteiger partial charge is 0.376 e. The first-order chi connectivity index (χ1) is 6.68. The topological polar surface area (TPSA) is 21.3 Å². The quantitative estimate of drug-likeness (QED) is 0.746. The molecule has 3 unspecified atom stereocenters. The van der Waals surface area contributed by atoms with Gasteiger partial charge in [-0.05, 0) is 38.0 Å². The first-order valence-electron chi connectivity index (χ1n) is 6.06. The number of rotatable bonds is 4. The maximum absolute atomic E-state index is 5.81. The van der Waals surface area contributed by atoms with Crippen LogP contribution in [0.2, 0.25) is 0 Å². The highest BCUT2D eigenvalue weighted by molar-refractivity contribution is 4.94. The lowest BCUT2D eigenvalue weighted by atomic mass is 10.0. The van der Waals surface area contributed by atoms with Crippen molar-refractivity contribution < 1.29 is 4.74 Å². The lowest BCUT2D eigenvalue weighted by Crippen LogP contribution is -2.44. The van der Waals surface area contributed by atoms with Crippen molar-refractivity contribution in [3.8, 4) is 0 Å². The molecule has 0 amide bonds. The van der Waals surface area contributed by atoms with E-state index in [-0.39, 0.29) is 0 Å². The molecule has 2 aliphatic rings. The molecule has 1 aliphatic heterocycles. The highest BCUT2D eigenvalue weighted by Gasteiger charge is 2.40. The highest BCUT2D eigenvalue weighted by Crippen LogP contribution is 2.38. The Hall–Kier alpha value is -0.0800. The van der Waals surface area contributed by atoms with Crippen molar-refractivity contribution in [2.45, 2.75) is 58.2 Å². The molecule has 2 fully saturated rings. The Balaban J connectivity index is 1.83. The minimum atomic E-state index is 0.524. The number of hydrogen-bond donors (Lipinski definition) is 1. The third-order valence-electron chi connectivity index (χ3n) is 3.70. The fourth-order valence-electron chi connectivity index (χ4n) is 2.21. The fourth-order valence-corrected chi connectivity index (χ4v) is 2.21. The van der Waals surface area contributed by atoms with Crippen LogP contribution in [-0.2, 0) is 4.74 Å². The number of hydrogen-bond acceptors (Lipinski definition) is 2.